The van der Waals surface area contributed by atoms with Gasteiger partial charge in [0.25, 0.3) is 0 Å². The molecule has 0 aromatic heterocycles. The van der Waals surface area contributed by atoms with E-state index in [0.29, 0.717) is 6.61 Å². The third kappa shape index (κ3) is 2.35. The van der Waals surface area contributed by atoms with Gasteiger partial charge in [-0.25, -0.2) is 0 Å². The van der Waals surface area contributed by atoms with E-state index in [4.69, 9.17) is 17.7 Å². The van der Waals surface area contributed by atoms with Crippen LogP contribution in [0.25, 0.3) is 0 Å². The van der Waals surface area contributed by atoms with E-state index < -0.39 is 9.05 Å². The Balaban J connectivity index is 3.87. The Labute approximate surface area is 62.5 Å². The molecule has 0 aliphatic rings. The minimum Gasteiger partial charge on any atom is -0.355 e. The molecule has 0 amide bonds. The smallest absolute Gasteiger partial charge is 0.355 e. The van der Waals surface area contributed by atoms with Crippen molar-refractivity contribution in [3.63, 3.8) is 0 Å². The second-order valence-corrected chi connectivity index (χ2v) is 4.06. The minimum absolute atomic E-state index is 0.530. The Bertz CT molecular complexity index is 75.5. The summed E-state index contributed by atoms with van der Waals surface area (Å²) >= 11 is 0. The molecule has 0 unspecified atom stereocenters. The van der Waals surface area contributed by atoms with Gasteiger partial charge in [-0.05, 0) is 6.92 Å². The number of rotatable bonds is 5. The lowest BCUT2D eigenvalue weighted by molar-refractivity contribution is 0.00940. The zero-order chi connectivity index (χ0) is 8.04. The predicted octanol–water partition coefficient (Wildman–Crippen LogP) is 0.398. The highest BCUT2D eigenvalue weighted by Crippen LogP contribution is 2.06. The molecule has 0 saturated heterocycles. The van der Waals surface area contributed by atoms with Gasteiger partial charge in [-0.1, -0.05) is 0 Å². The Kier molecular flexibility index (Phi) is 4.84. The first-order valence-electron chi connectivity index (χ1n) is 3.04. The summed E-state index contributed by atoms with van der Waals surface area (Å²) in [4.78, 5) is 0. The molecule has 0 saturated carbocycles. The number of hydrogen-bond donors (Lipinski definition) is 0. The van der Waals surface area contributed by atoms with Crippen LogP contribution in [0.4, 0.5) is 0 Å². The van der Waals surface area contributed by atoms with Crippen molar-refractivity contribution in [1.29, 1.82) is 0 Å². The summed E-state index contributed by atoms with van der Waals surface area (Å²) in [7, 11) is 1.81. The molecule has 0 spiro atoms. The van der Waals surface area contributed by atoms with Crippen molar-refractivity contribution in [1.82, 2.24) is 0 Å². The van der Waals surface area contributed by atoms with Crippen molar-refractivity contribution in [3.05, 3.63) is 0 Å². The van der Waals surface area contributed by atoms with Gasteiger partial charge in [-0.2, -0.15) is 0 Å². The Hall–Kier alpha value is 0.0569. The van der Waals surface area contributed by atoms with E-state index in [1.165, 1.54) is 21.3 Å². The fourth-order valence-corrected chi connectivity index (χ4v) is 1.81. The minimum atomic E-state index is -2.72. The van der Waals surface area contributed by atoms with Crippen LogP contribution in [0.2, 0.25) is 0 Å². The summed E-state index contributed by atoms with van der Waals surface area (Å²) in [6, 6.07) is 0. The van der Waals surface area contributed by atoms with E-state index in [1.807, 2.05) is 6.92 Å². The summed E-state index contributed by atoms with van der Waals surface area (Å²) in [6.07, 6.45) is 0. The van der Waals surface area contributed by atoms with Crippen molar-refractivity contribution in [2.75, 3.05) is 27.9 Å². The molecule has 0 aromatic rings. The fraction of sp³-hybridized carbons (Fsp3) is 1.00. The van der Waals surface area contributed by atoms with Crippen LogP contribution in [0, 0.1) is 0 Å². The normalized spacial score (nSPS) is 12.0. The van der Waals surface area contributed by atoms with Crippen molar-refractivity contribution < 1.29 is 17.7 Å². The van der Waals surface area contributed by atoms with Crippen LogP contribution >= 0.6 is 0 Å². The average molecular weight is 166 g/mol. The molecular formula is C5H14O4Si. The van der Waals surface area contributed by atoms with Crippen LogP contribution in [0.3, 0.4) is 0 Å². The van der Waals surface area contributed by atoms with Gasteiger partial charge in [0.2, 0.25) is 0 Å². The van der Waals surface area contributed by atoms with E-state index in [9.17, 15) is 0 Å². The summed E-state index contributed by atoms with van der Waals surface area (Å²) in [6.45, 7) is 2.39. The maximum absolute atomic E-state index is 5.15. The first kappa shape index (κ1) is 10.1. The molecule has 0 aromatic carbocycles. The second kappa shape index (κ2) is 4.81. The van der Waals surface area contributed by atoms with Crippen molar-refractivity contribution in [3.8, 4) is 0 Å². The third-order valence-electron chi connectivity index (χ3n) is 1.07. The lowest BCUT2D eigenvalue weighted by Gasteiger charge is -2.21. The van der Waals surface area contributed by atoms with Crippen LogP contribution in [0.5, 0.6) is 0 Å². The summed E-state index contributed by atoms with van der Waals surface area (Å²) in [5.41, 5.74) is 0. The average Bonchev–Trinajstić information content (AvgIpc) is 2.01. The zero-order valence-electron chi connectivity index (χ0n) is 6.84. The molecule has 10 heavy (non-hydrogen) atoms. The molecular weight excluding hydrogens is 152 g/mol. The quantitative estimate of drug-likeness (QED) is 0.554. The molecule has 0 aliphatic heterocycles. The molecule has 0 N–H and O–H groups in total. The molecule has 0 atom stereocenters. The van der Waals surface area contributed by atoms with Crippen molar-refractivity contribution in [2.24, 2.45) is 0 Å². The molecule has 0 bridgehead atoms. The van der Waals surface area contributed by atoms with Crippen LogP contribution in [0.1, 0.15) is 6.92 Å². The van der Waals surface area contributed by atoms with E-state index in [2.05, 4.69) is 0 Å². The maximum atomic E-state index is 5.15. The van der Waals surface area contributed by atoms with E-state index in [-0.39, 0.29) is 0 Å². The van der Waals surface area contributed by atoms with Gasteiger partial charge >= 0.3 is 9.05 Å². The summed E-state index contributed by atoms with van der Waals surface area (Å²) in [5.74, 6) is 0. The van der Waals surface area contributed by atoms with Gasteiger partial charge in [0.15, 0.2) is 0 Å². The fourth-order valence-electron chi connectivity index (χ4n) is 0.604. The Morgan fingerprint density at radius 1 is 1.00 bits per heavy atom. The highest BCUT2D eigenvalue weighted by atomic mass is 28.4. The van der Waals surface area contributed by atoms with Crippen molar-refractivity contribution in [2.45, 2.75) is 6.92 Å². The first-order chi connectivity index (χ1) is 4.74. The highest BCUT2D eigenvalue weighted by Gasteiger charge is 2.41. The first-order valence-corrected chi connectivity index (χ1v) is 4.67. The lowest BCUT2D eigenvalue weighted by Crippen LogP contribution is -2.46. The predicted molar refractivity (Wildman–Crippen MR) is 38.4 cm³/mol. The molecule has 5 heteroatoms. The maximum Gasteiger partial charge on any atom is 0.678 e. The Morgan fingerprint density at radius 2 is 1.40 bits per heavy atom. The van der Waals surface area contributed by atoms with Crippen LogP contribution < -0.4 is 0 Å². The van der Waals surface area contributed by atoms with E-state index in [1.54, 1.807) is 0 Å². The van der Waals surface area contributed by atoms with Crippen LogP contribution in [-0.2, 0) is 17.7 Å². The van der Waals surface area contributed by atoms with Gasteiger partial charge in [0.05, 0.1) is 0 Å². The van der Waals surface area contributed by atoms with Gasteiger partial charge in [0.1, 0.15) is 0 Å². The third-order valence-corrected chi connectivity index (χ3v) is 3.21. The topological polar surface area (TPSA) is 36.9 Å². The van der Waals surface area contributed by atoms with E-state index >= 15 is 0 Å². The zero-order valence-corrected chi connectivity index (χ0v) is 7.84. The molecule has 4 nitrogen and oxygen atoms in total. The number of hydrogen-bond acceptors (Lipinski definition) is 4. The van der Waals surface area contributed by atoms with E-state index in [0.717, 1.165) is 0 Å². The van der Waals surface area contributed by atoms with Gasteiger partial charge in [-0.15, -0.1) is 0 Å². The summed E-state index contributed by atoms with van der Waals surface area (Å²) < 4.78 is 20.0. The molecule has 0 heterocycles. The SMILES string of the molecule is CCO[Si](OC)(OC)OC. The van der Waals surface area contributed by atoms with Crippen LogP contribution in [-0.4, -0.2) is 37.0 Å². The van der Waals surface area contributed by atoms with Gasteiger partial charge in [-0.3, -0.25) is 0 Å². The van der Waals surface area contributed by atoms with Crippen molar-refractivity contribution >= 4 is 9.05 Å². The molecule has 0 rings (SSSR count). The van der Waals surface area contributed by atoms with Crippen LogP contribution in [0.15, 0.2) is 0 Å². The van der Waals surface area contributed by atoms with Gasteiger partial charge in [0, 0.05) is 27.9 Å². The monoisotopic (exact) mass is 166 g/mol. The lowest BCUT2D eigenvalue weighted by atomic mass is 10.9. The highest BCUT2D eigenvalue weighted by molar-refractivity contribution is 6.53. The molecule has 0 radical (unpaired) electrons. The molecule has 0 aliphatic carbocycles. The standard InChI is InChI=1S/C5H14O4Si/c1-5-9-10(6-2,7-3)8-4/h5H2,1-4H3. The largest absolute Gasteiger partial charge is 0.678 e. The van der Waals surface area contributed by atoms with Gasteiger partial charge < -0.3 is 17.7 Å². The Morgan fingerprint density at radius 3 is 1.50 bits per heavy atom. The second-order valence-electron chi connectivity index (χ2n) is 1.55. The molecule has 62 valence electrons. The molecule has 0 fully saturated rings. The summed E-state index contributed by atoms with van der Waals surface area (Å²) in [5, 5.41) is 0.